The molecule has 1 N–H and O–H groups in total. The van der Waals surface area contributed by atoms with Gasteiger partial charge in [-0.1, -0.05) is 20.3 Å². The van der Waals surface area contributed by atoms with Gasteiger partial charge in [0.15, 0.2) is 0 Å². The van der Waals surface area contributed by atoms with E-state index in [-0.39, 0.29) is 10.6 Å². The van der Waals surface area contributed by atoms with Gasteiger partial charge < -0.3 is 5.32 Å². The number of non-ortho nitro benzene ring substituents is 1. The first-order chi connectivity index (χ1) is 10.1. The van der Waals surface area contributed by atoms with Crippen LogP contribution in [0.3, 0.4) is 0 Å². The molecular weight excluding hydrogens is 266 g/mol. The van der Waals surface area contributed by atoms with Crippen molar-refractivity contribution in [3.05, 3.63) is 33.9 Å². The Balaban J connectivity index is 2.13. The van der Waals surface area contributed by atoms with Gasteiger partial charge in [-0.3, -0.25) is 15.0 Å². The molecule has 21 heavy (non-hydrogen) atoms. The van der Waals surface area contributed by atoms with Gasteiger partial charge in [-0.2, -0.15) is 0 Å². The number of hydrogen-bond donors (Lipinski definition) is 1. The molecule has 0 amide bonds. The van der Waals surface area contributed by atoms with Gasteiger partial charge in [-0.05, 0) is 36.9 Å². The Labute approximate surface area is 126 Å². The highest BCUT2D eigenvalue weighted by molar-refractivity contribution is 5.56. The van der Waals surface area contributed by atoms with E-state index >= 15 is 0 Å². The molecule has 0 saturated carbocycles. The maximum Gasteiger partial charge on any atom is 0.269 e. The molecule has 1 unspecified atom stereocenters. The monoisotopic (exact) mass is 291 g/mol. The van der Waals surface area contributed by atoms with Crippen molar-refractivity contribution in [3.8, 4) is 0 Å². The van der Waals surface area contributed by atoms with E-state index in [2.05, 4.69) is 24.1 Å². The highest BCUT2D eigenvalue weighted by Crippen LogP contribution is 2.27. The third kappa shape index (κ3) is 4.17. The van der Waals surface area contributed by atoms with E-state index < -0.39 is 0 Å². The normalized spacial score (nSPS) is 18.9. The summed E-state index contributed by atoms with van der Waals surface area (Å²) in [6, 6.07) is 5.15. The van der Waals surface area contributed by atoms with Crippen molar-refractivity contribution in [1.82, 2.24) is 4.90 Å². The Morgan fingerprint density at radius 2 is 2.24 bits per heavy atom. The molecule has 1 aliphatic rings. The Hall–Kier alpha value is -1.62. The largest absolute Gasteiger partial charge is 0.385 e. The highest BCUT2D eigenvalue weighted by Gasteiger charge is 2.22. The van der Waals surface area contributed by atoms with Crippen LogP contribution in [0.5, 0.6) is 0 Å². The number of benzene rings is 1. The molecule has 1 atom stereocenters. The molecule has 0 aliphatic carbocycles. The molecule has 5 heteroatoms. The van der Waals surface area contributed by atoms with Crippen LogP contribution in [0.4, 0.5) is 11.4 Å². The molecule has 5 nitrogen and oxygen atoms in total. The predicted octanol–water partition coefficient (Wildman–Crippen LogP) is 3.65. The van der Waals surface area contributed by atoms with E-state index in [0.717, 1.165) is 49.8 Å². The van der Waals surface area contributed by atoms with Crippen LogP contribution in [0.1, 0.15) is 38.7 Å². The van der Waals surface area contributed by atoms with Crippen LogP contribution in [0, 0.1) is 16.0 Å². The SMILES string of the molecule is CCCNc1ccc([N+](=O)[O-])cc1CN1CCC(CC)C1. The predicted molar refractivity (Wildman–Crippen MR) is 85.6 cm³/mol. The third-order valence-electron chi connectivity index (χ3n) is 4.21. The summed E-state index contributed by atoms with van der Waals surface area (Å²) in [7, 11) is 0. The lowest BCUT2D eigenvalue weighted by molar-refractivity contribution is -0.384. The Bertz CT molecular complexity index is 490. The lowest BCUT2D eigenvalue weighted by Gasteiger charge is -2.19. The summed E-state index contributed by atoms with van der Waals surface area (Å²) < 4.78 is 0. The fraction of sp³-hybridized carbons (Fsp3) is 0.625. The number of rotatable bonds is 7. The standard InChI is InChI=1S/C16H25N3O2/c1-3-8-17-16-6-5-15(19(20)21)10-14(16)12-18-9-7-13(4-2)11-18/h5-6,10,13,17H,3-4,7-9,11-12H2,1-2H3. The first-order valence-electron chi connectivity index (χ1n) is 7.87. The quantitative estimate of drug-likeness (QED) is 0.615. The van der Waals surface area contributed by atoms with Crippen molar-refractivity contribution in [2.24, 2.45) is 5.92 Å². The molecule has 0 spiro atoms. The molecule has 0 radical (unpaired) electrons. The number of nitro benzene ring substituents is 1. The van der Waals surface area contributed by atoms with Crippen molar-refractivity contribution in [2.75, 3.05) is 25.0 Å². The van der Waals surface area contributed by atoms with Gasteiger partial charge in [0.25, 0.3) is 5.69 Å². The van der Waals surface area contributed by atoms with E-state index in [1.807, 2.05) is 6.07 Å². The lowest BCUT2D eigenvalue weighted by atomic mass is 10.1. The Morgan fingerprint density at radius 3 is 2.86 bits per heavy atom. The number of nitro groups is 1. The van der Waals surface area contributed by atoms with Crippen molar-refractivity contribution in [1.29, 1.82) is 0 Å². The number of likely N-dealkylation sites (tertiary alicyclic amines) is 1. The Morgan fingerprint density at radius 1 is 1.43 bits per heavy atom. The van der Waals surface area contributed by atoms with Crippen LogP contribution < -0.4 is 5.32 Å². The van der Waals surface area contributed by atoms with Crippen LogP contribution in [0.15, 0.2) is 18.2 Å². The number of anilines is 1. The zero-order valence-electron chi connectivity index (χ0n) is 13.0. The maximum atomic E-state index is 11.0. The summed E-state index contributed by atoms with van der Waals surface area (Å²) in [5, 5.41) is 14.4. The molecule has 1 aromatic carbocycles. The second-order valence-corrected chi connectivity index (χ2v) is 5.82. The summed E-state index contributed by atoms with van der Waals surface area (Å²) in [6.07, 6.45) is 3.49. The average Bonchev–Trinajstić information content (AvgIpc) is 2.93. The Kier molecular flexibility index (Phi) is 5.56. The van der Waals surface area contributed by atoms with E-state index in [9.17, 15) is 10.1 Å². The van der Waals surface area contributed by atoms with Crippen LogP contribution in [0.2, 0.25) is 0 Å². The first-order valence-corrected chi connectivity index (χ1v) is 7.87. The molecule has 0 aromatic heterocycles. The molecule has 1 heterocycles. The summed E-state index contributed by atoms with van der Waals surface area (Å²) in [5.41, 5.74) is 2.25. The minimum atomic E-state index is -0.314. The minimum Gasteiger partial charge on any atom is -0.385 e. The fourth-order valence-corrected chi connectivity index (χ4v) is 2.89. The molecule has 1 saturated heterocycles. The zero-order chi connectivity index (χ0) is 15.2. The fourth-order valence-electron chi connectivity index (χ4n) is 2.89. The second-order valence-electron chi connectivity index (χ2n) is 5.82. The van der Waals surface area contributed by atoms with Gasteiger partial charge >= 0.3 is 0 Å². The molecule has 1 aromatic rings. The first kappa shape index (κ1) is 15.8. The number of nitrogens with zero attached hydrogens (tertiary/aromatic N) is 2. The zero-order valence-corrected chi connectivity index (χ0v) is 13.0. The van der Waals surface area contributed by atoms with Crippen molar-refractivity contribution in [2.45, 2.75) is 39.7 Å². The molecule has 116 valence electrons. The average molecular weight is 291 g/mol. The third-order valence-corrected chi connectivity index (χ3v) is 4.21. The number of nitrogens with one attached hydrogen (secondary N) is 1. The molecule has 2 rings (SSSR count). The lowest BCUT2D eigenvalue weighted by Crippen LogP contribution is -2.21. The van der Waals surface area contributed by atoms with Crippen LogP contribution in [-0.2, 0) is 6.54 Å². The summed E-state index contributed by atoms with van der Waals surface area (Å²) >= 11 is 0. The summed E-state index contributed by atoms with van der Waals surface area (Å²) in [4.78, 5) is 13.1. The molecule has 1 aliphatic heterocycles. The molecule has 0 bridgehead atoms. The van der Waals surface area contributed by atoms with Crippen LogP contribution in [-0.4, -0.2) is 29.5 Å². The van der Waals surface area contributed by atoms with Gasteiger partial charge in [-0.15, -0.1) is 0 Å². The van der Waals surface area contributed by atoms with E-state index in [1.165, 1.54) is 12.8 Å². The van der Waals surface area contributed by atoms with E-state index in [0.29, 0.717) is 0 Å². The van der Waals surface area contributed by atoms with Gasteiger partial charge in [0.1, 0.15) is 0 Å². The summed E-state index contributed by atoms with van der Waals surface area (Å²) in [6.45, 7) is 8.23. The maximum absolute atomic E-state index is 11.0. The number of hydrogen-bond acceptors (Lipinski definition) is 4. The smallest absolute Gasteiger partial charge is 0.269 e. The highest BCUT2D eigenvalue weighted by atomic mass is 16.6. The van der Waals surface area contributed by atoms with Gasteiger partial charge in [-0.25, -0.2) is 0 Å². The summed E-state index contributed by atoms with van der Waals surface area (Å²) in [5.74, 6) is 0.774. The van der Waals surface area contributed by atoms with E-state index in [1.54, 1.807) is 12.1 Å². The van der Waals surface area contributed by atoms with Crippen molar-refractivity contribution < 1.29 is 4.92 Å². The van der Waals surface area contributed by atoms with Gasteiger partial charge in [0.2, 0.25) is 0 Å². The molecule has 1 fully saturated rings. The van der Waals surface area contributed by atoms with Crippen LogP contribution in [0.25, 0.3) is 0 Å². The van der Waals surface area contributed by atoms with Gasteiger partial charge in [0.05, 0.1) is 4.92 Å². The van der Waals surface area contributed by atoms with Crippen molar-refractivity contribution in [3.63, 3.8) is 0 Å². The molecular formula is C16H25N3O2. The van der Waals surface area contributed by atoms with Crippen LogP contribution >= 0.6 is 0 Å². The topological polar surface area (TPSA) is 58.4 Å². The van der Waals surface area contributed by atoms with Gasteiger partial charge in [0, 0.05) is 37.5 Å². The minimum absolute atomic E-state index is 0.179. The van der Waals surface area contributed by atoms with E-state index in [4.69, 9.17) is 0 Å². The van der Waals surface area contributed by atoms with Crippen molar-refractivity contribution >= 4 is 11.4 Å². The second kappa shape index (κ2) is 7.41.